The van der Waals surface area contributed by atoms with Crippen LogP contribution >= 0.6 is 0 Å². The van der Waals surface area contributed by atoms with Crippen molar-refractivity contribution in [2.75, 3.05) is 27.2 Å². The van der Waals surface area contributed by atoms with Crippen molar-refractivity contribution in [1.82, 2.24) is 25.1 Å². The van der Waals surface area contributed by atoms with Gasteiger partial charge in [-0.15, -0.1) is 0 Å². The van der Waals surface area contributed by atoms with Crippen LogP contribution in [-0.4, -0.2) is 77.1 Å². The van der Waals surface area contributed by atoms with Crippen molar-refractivity contribution in [3.05, 3.63) is 65.7 Å². The van der Waals surface area contributed by atoms with Gasteiger partial charge in [0.1, 0.15) is 18.0 Å². The van der Waals surface area contributed by atoms with E-state index in [1.54, 1.807) is 34.0 Å². The van der Waals surface area contributed by atoms with Crippen LogP contribution in [-0.2, 0) is 16.1 Å². The van der Waals surface area contributed by atoms with Gasteiger partial charge in [-0.25, -0.2) is 14.8 Å². The zero-order valence-corrected chi connectivity index (χ0v) is 21.5. The Labute approximate surface area is 212 Å². The number of hydrogen-bond donors (Lipinski definition) is 1. The third-order valence-corrected chi connectivity index (χ3v) is 7.01. The molecule has 9 nitrogen and oxygen atoms in total. The molecule has 4 rings (SSSR count). The molecule has 3 atom stereocenters. The zero-order valence-electron chi connectivity index (χ0n) is 21.5. The number of hydrogen-bond acceptors (Lipinski definition) is 5. The van der Waals surface area contributed by atoms with E-state index in [0.717, 1.165) is 16.9 Å². The minimum atomic E-state index is -0.645. The number of benzene rings is 2. The summed E-state index contributed by atoms with van der Waals surface area (Å²) in [5, 5.41) is 6.20. The number of likely N-dealkylation sites (N-methyl/N-ethyl adjacent to an activating group) is 1. The summed E-state index contributed by atoms with van der Waals surface area (Å²) in [6, 6.07) is 16.1. The van der Waals surface area contributed by atoms with Crippen molar-refractivity contribution in [1.29, 1.82) is 0 Å². The number of amides is 4. The number of nitrogens with one attached hydrogen (secondary N) is 1. The number of piperazine rings is 1. The predicted molar refractivity (Wildman–Crippen MR) is 136 cm³/mol. The van der Waals surface area contributed by atoms with E-state index in [9.17, 15) is 14.4 Å². The molecule has 36 heavy (non-hydrogen) atoms. The number of nitrogens with zero attached hydrogens (tertiary/aromatic N) is 4. The number of carbonyl (C=O) groups is 3. The minimum Gasteiger partial charge on any atom is -0.497 e. The van der Waals surface area contributed by atoms with Crippen LogP contribution in [0.4, 0.5) is 4.79 Å². The van der Waals surface area contributed by atoms with Crippen LogP contribution in [0.2, 0.25) is 0 Å². The van der Waals surface area contributed by atoms with Crippen molar-refractivity contribution >= 4 is 17.8 Å². The van der Waals surface area contributed by atoms with Crippen molar-refractivity contribution in [3.63, 3.8) is 0 Å². The quantitative estimate of drug-likeness (QED) is 0.669. The van der Waals surface area contributed by atoms with Gasteiger partial charge >= 0.3 is 6.03 Å². The second-order valence-electron chi connectivity index (χ2n) is 9.71. The molecule has 2 aromatic rings. The maximum absolute atomic E-state index is 13.7. The Morgan fingerprint density at radius 3 is 2.33 bits per heavy atom. The lowest BCUT2D eigenvalue weighted by molar-refractivity contribution is -0.192. The molecule has 9 heteroatoms. The molecule has 0 radical (unpaired) electrons. The molecule has 2 aliphatic heterocycles. The smallest absolute Gasteiger partial charge is 0.334 e. The molecule has 2 aliphatic rings. The highest BCUT2D eigenvalue weighted by molar-refractivity contribution is 5.91. The number of fused-ring (bicyclic) bond motifs is 1. The van der Waals surface area contributed by atoms with Gasteiger partial charge in [-0.05, 0) is 36.1 Å². The summed E-state index contributed by atoms with van der Waals surface area (Å²) < 4.78 is 5.20. The summed E-state index contributed by atoms with van der Waals surface area (Å²) in [6.07, 6.45) is -0.608. The first kappa shape index (κ1) is 25.5. The summed E-state index contributed by atoms with van der Waals surface area (Å²) in [7, 11) is 3.34. The fraction of sp³-hybridized carbons (Fsp3) is 0.444. The lowest BCUT2D eigenvalue weighted by Crippen LogP contribution is -2.76. The van der Waals surface area contributed by atoms with Crippen molar-refractivity contribution in [2.24, 2.45) is 5.92 Å². The molecule has 0 bridgehead atoms. The maximum Gasteiger partial charge on any atom is 0.334 e. The first-order chi connectivity index (χ1) is 17.2. The number of hydrazine groups is 1. The van der Waals surface area contributed by atoms with Gasteiger partial charge in [0.15, 0.2) is 0 Å². The Hall–Kier alpha value is -3.59. The molecule has 0 aromatic heterocycles. The maximum atomic E-state index is 13.7. The van der Waals surface area contributed by atoms with Gasteiger partial charge in [-0.3, -0.25) is 9.59 Å². The molecule has 2 saturated heterocycles. The highest BCUT2D eigenvalue weighted by Gasteiger charge is 2.52. The lowest BCUT2D eigenvalue weighted by atomic mass is 9.94. The van der Waals surface area contributed by atoms with Crippen LogP contribution in [0, 0.1) is 5.92 Å². The van der Waals surface area contributed by atoms with E-state index in [1.807, 2.05) is 75.4 Å². The lowest BCUT2D eigenvalue weighted by Gasteiger charge is -2.56. The number of methoxy groups -OCH3 is 1. The fourth-order valence-electron chi connectivity index (χ4n) is 5.09. The molecule has 2 fully saturated rings. The van der Waals surface area contributed by atoms with Crippen molar-refractivity contribution in [2.45, 2.75) is 45.6 Å². The number of rotatable bonds is 6. The summed E-state index contributed by atoms with van der Waals surface area (Å²) in [6.45, 7) is 6.45. The number of ether oxygens (including phenoxy) is 1. The monoisotopic (exact) mass is 493 g/mol. The minimum absolute atomic E-state index is 0.0250. The molecule has 1 N–H and O–H groups in total. The van der Waals surface area contributed by atoms with Gasteiger partial charge in [0.2, 0.25) is 11.8 Å². The van der Waals surface area contributed by atoms with Gasteiger partial charge in [-0.2, -0.15) is 0 Å². The van der Waals surface area contributed by atoms with Crippen LogP contribution in [0.5, 0.6) is 5.75 Å². The Bertz CT molecular complexity index is 1090. The largest absolute Gasteiger partial charge is 0.497 e. The molecule has 2 heterocycles. The Morgan fingerprint density at radius 1 is 1.06 bits per heavy atom. The van der Waals surface area contributed by atoms with Gasteiger partial charge in [0.25, 0.3) is 0 Å². The number of urea groups is 1. The predicted octanol–water partition coefficient (Wildman–Crippen LogP) is 2.85. The molecule has 0 saturated carbocycles. The van der Waals surface area contributed by atoms with Gasteiger partial charge < -0.3 is 19.9 Å². The van der Waals surface area contributed by atoms with E-state index in [4.69, 9.17) is 4.74 Å². The summed E-state index contributed by atoms with van der Waals surface area (Å²) in [5.74, 6) is 0.395. The average molecular weight is 494 g/mol. The standard InChI is InChI=1S/C27H35N5O4/c1-18(2)25-26(34)30(19(3)21-9-7-6-8-10-21)16-23-31(25)24(33)17-29(4)32(23)27(35)28-15-20-11-13-22(36-5)14-12-20/h6-14,18-19,23,25H,15-17H2,1-5H3,(H,28,35). The normalized spacial score (nSPS) is 21.4. The van der Waals surface area contributed by atoms with Crippen molar-refractivity contribution in [3.8, 4) is 5.75 Å². The van der Waals surface area contributed by atoms with Crippen LogP contribution in [0.15, 0.2) is 54.6 Å². The van der Waals surface area contributed by atoms with E-state index in [-0.39, 0.29) is 42.9 Å². The van der Waals surface area contributed by atoms with Crippen molar-refractivity contribution < 1.29 is 19.1 Å². The average Bonchev–Trinajstić information content (AvgIpc) is 2.87. The third kappa shape index (κ3) is 4.88. The van der Waals surface area contributed by atoms with Gasteiger partial charge in [0.05, 0.1) is 26.2 Å². The molecule has 192 valence electrons. The molecule has 4 amide bonds. The topological polar surface area (TPSA) is 85.4 Å². The number of carbonyl (C=O) groups excluding carboxylic acids is 3. The third-order valence-electron chi connectivity index (χ3n) is 7.01. The Morgan fingerprint density at radius 2 is 1.72 bits per heavy atom. The first-order valence-electron chi connectivity index (χ1n) is 12.3. The Kier molecular flexibility index (Phi) is 7.49. The van der Waals surface area contributed by atoms with E-state index in [2.05, 4.69) is 5.32 Å². The van der Waals surface area contributed by atoms with Crippen LogP contribution < -0.4 is 10.1 Å². The highest BCUT2D eigenvalue weighted by atomic mass is 16.5. The second-order valence-corrected chi connectivity index (χ2v) is 9.71. The van der Waals surface area contributed by atoms with E-state index < -0.39 is 12.2 Å². The summed E-state index contributed by atoms with van der Waals surface area (Å²) >= 11 is 0. The molecule has 2 aromatic carbocycles. The zero-order chi connectivity index (χ0) is 26.0. The van der Waals surface area contributed by atoms with Gasteiger partial charge in [0, 0.05) is 13.6 Å². The molecular weight excluding hydrogens is 458 g/mol. The molecule has 3 unspecified atom stereocenters. The second kappa shape index (κ2) is 10.6. The molecule has 0 spiro atoms. The van der Waals surface area contributed by atoms with Crippen LogP contribution in [0.1, 0.15) is 37.9 Å². The van der Waals surface area contributed by atoms with E-state index in [0.29, 0.717) is 6.54 Å². The van der Waals surface area contributed by atoms with Crippen LogP contribution in [0.25, 0.3) is 0 Å². The molecule has 0 aliphatic carbocycles. The fourth-order valence-corrected chi connectivity index (χ4v) is 5.09. The Balaban J connectivity index is 1.61. The van der Waals surface area contributed by atoms with Crippen LogP contribution in [0.3, 0.4) is 0 Å². The SMILES string of the molecule is COc1ccc(CNC(=O)N2C3CN(C(C)c4ccccc4)C(=O)C(C(C)C)N3C(=O)CN2C)cc1. The first-order valence-corrected chi connectivity index (χ1v) is 12.3. The summed E-state index contributed by atoms with van der Waals surface area (Å²) in [5.41, 5.74) is 1.93. The van der Waals surface area contributed by atoms with Gasteiger partial charge in [-0.1, -0.05) is 56.3 Å². The van der Waals surface area contributed by atoms with E-state index >= 15 is 0 Å². The molecular formula is C27H35N5O4. The van der Waals surface area contributed by atoms with E-state index in [1.165, 1.54) is 0 Å². The summed E-state index contributed by atoms with van der Waals surface area (Å²) in [4.78, 5) is 43.8. The highest BCUT2D eigenvalue weighted by Crippen LogP contribution is 2.33.